The molecule has 1 heterocycles. The highest BCUT2D eigenvalue weighted by molar-refractivity contribution is 6.25. The van der Waals surface area contributed by atoms with Crippen LogP contribution in [0.2, 0.25) is 0 Å². The number of carbonyl (C=O) groups is 2. The number of ketones is 2. The first-order valence-electron chi connectivity index (χ1n) is 7.42. The molecule has 3 rings (SSSR count). The van der Waals surface area contributed by atoms with E-state index in [0.717, 1.165) is 0 Å². The van der Waals surface area contributed by atoms with Gasteiger partial charge in [-0.05, 0) is 31.0 Å². The smallest absolute Gasteiger partial charge is 0.195 e. The molecule has 0 saturated heterocycles. The van der Waals surface area contributed by atoms with Gasteiger partial charge in [-0.1, -0.05) is 6.92 Å². The second kappa shape index (κ2) is 5.40. The first-order valence-corrected chi connectivity index (χ1v) is 7.42. The van der Waals surface area contributed by atoms with Crippen molar-refractivity contribution in [3.8, 4) is 0 Å². The van der Waals surface area contributed by atoms with Crippen LogP contribution in [0.1, 0.15) is 43.2 Å². The van der Waals surface area contributed by atoms with Crippen molar-refractivity contribution in [2.45, 2.75) is 39.5 Å². The van der Waals surface area contributed by atoms with E-state index in [2.05, 4.69) is 4.98 Å². The van der Waals surface area contributed by atoms with E-state index in [1.165, 1.54) is 0 Å². The highest BCUT2D eigenvalue weighted by Crippen LogP contribution is 2.30. The minimum atomic E-state index is -0.289. The lowest BCUT2D eigenvalue weighted by atomic mass is 9.89. The molecule has 22 heavy (non-hydrogen) atoms. The van der Waals surface area contributed by atoms with Gasteiger partial charge in [-0.2, -0.15) is 0 Å². The average molecular weight is 299 g/mol. The summed E-state index contributed by atoms with van der Waals surface area (Å²) in [6, 6.07) is 3.37. The van der Waals surface area contributed by atoms with E-state index in [4.69, 9.17) is 4.42 Å². The molecule has 0 radical (unpaired) electrons. The first kappa shape index (κ1) is 14.5. The SMILES string of the molecule is CCc1nc2c(C)c(C(O)=C3C(=O)CCCC3=O)ccc2o1. The Morgan fingerprint density at radius 1 is 1.27 bits per heavy atom. The quantitative estimate of drug-likeness (QED) is 0.523. The van der Waals surface area contributed by atoms with Crippen molar-refractivity contribution < 1.29 is 19.1 Å². The Morgan fingerprint density at radius 3 is 2.59 bits per heavy atom. The van der Waals surface area contributed by atoms with E-state index < -0.39 is 0 Å². The standard InChI is InChI=1S/C17H17NO4/c1-3-14-18-16-9(2)10(7-8-13(16)22-14)17(21)15-11(19)5-4-6-12(15)20/h7-8,21H,3-6H2,1-2H3. The summed E-state index contributed by atoms with van der Waals surface area (Å²) >= 11 is 0. The monoisotopic (exact) mass is 299 g/mol. The molecule has 1 aliphatic rings. The van der Waals surface area contributed by atoms with Crippen LogP contribution in [0.5, 0.6) is 0 Å². The molecule has 1 aliphatic carbocycles. The number of Topliss-reactive ketones (excluding diaryl/α,β-unsaturated/α-hetero) is 2. The van der Waals surface area contributed by atoms with Crippen LogP contribution in [0.25, 0.3) is 16.9 Å². The number of hydrogen-bond acceptors (Lipinski definition) is 5. The van der Waals surface area contributed by atoms with Crippen molar-refractivity contribution in [2.24, 2.45) is 0 Å². The zero-order chi connectivity index (χ0) is 15.9. The van der Waals surface area contributed by atoms with Crippen molar-refractivity contribution in [1.29, 1.82) is 0 Å². The van der Waals surface area contributed by atoms with E-state index >= 15 is 0 Å². The Kier molecular flexibility index (Phi) is 3.56. The minimum absolute atomic E-state index is 0.0760. The molecule has 1 N–H and O–H groups in total. The van der Waals surface area contributed by atoms with Gasteiger partial charge in [0.25, 0.3) is 0 Å². The van der Waals surface area contributed by atoms with Crippen LogP contribution in [0.3, 0.4) is 0 Å². The van der Waals surface area contributed by atoms with Crippen molar-refractivity contribution >= 4 is 28.4 Å². The molecule has 1 aromatic carbocycles. The first-order chi connectivity index (χ1) is 10.5. The molecule has 0 atom stereocenters. The molecule has 1 saturated carbocycles. The second-order valence-corrected chi connectivity index (χ2v) is 5.47. The van der Waals surface area contributed by atoms with Crippen LogP contribution in [-0.4, -0.2) is 21.7 Å². The summed E-state index contributed by atoms with van der Waals surface area (Å²) in [4.78, 5) is 28.3. The molecule has 0 aliphatic heterocycles. The molecular formula is C17H17NO4. The molecule has 0 unspecified atom stereocenters. The zero-order valence-corrected chi connectivity index (χ0v) is 12.6. The Balaban J connectivity index is 2.18. The summed E-state index contributed by atoms with van der Waals surface area (Å²) in [5.41, 5.74) is 2.38. The highest BCUT2D eigenvalue weighted by atomic mass is 16.3. The van der Waals surface area contributed by atoms with Crippen LogP contribution < -0.4 is 0 Å². The number of allylic oxidation sites excluding steroid dienone is 1. The highest BCUT2D eigenvalue weighted by Gasteiger charge is 2.28. The molecule has 0 spiro atoms. The number of aryl methyl sites for hydroxylation is 2. The number of benzene rings is 1. The number of aliphatic hydroxyl groups excluding tert-OH is 1. The predicted molar refractivity (Wildman–Crippen MR) is 81.5 cm³/mol. The molecule has 5 nitrogen and oxygen atoms in total. The fourth-order valence-corrected chi connectivity index (χ4v) is 2.79. The molecule has 5 heteroatoms. The molecular weight excluding hydrogens is 282 g/mol. The zero-order valence-electron chi connectivity index (χ0n) is 12.6. The molecule has 1 fully saturated rings. The van der Waals surface area contributed by atoms with Crippen molar-refractivity contribution in [2.75, 3.05) is 0 Å². The number of carbonyl (C=O) groups excluding carboxylic acids is 2. The predicted octanol–water partition coefficient (Wildman–Crippen LogP) is 3.29. The number of aliphatic hydroxyl groups is 1. The molecule has 0 amide bonds. The Morgan fingerprint density at radius 2 is 1.95 bits per heavy atom. The number of oxazole rings is 1. The van der Waals surface area contributed by atoms with Gasteiger partial charge in [0, 0.05) is 24.8 Å². The van der Waals surface area contributed by atoms with Gasteiger partial charge in [-0.15, -0.1) is 0 Å². The third-order valence-electron chi connectivity index (χ3n) is 4.02. The summed E-state index contributed by atoms with van der Waals surface area (Å²) in [5, 5.41) is 10.5. The topological polar surface area (TPSA) is 80.4 Å². The number of aromatic nitrogens is 1. The Labute approximate surface area is 127 Å². The van der Waals surface area contributed by atoms with Gasteiger partial charge >= 0.3 is 0 Å². The van der Waals surface area contributed by atoms with Crippen molar-refractivity contribution in [3.63, 3.8) is 0 Å². The molecule has 0 bridgehead atoms. The third-order valence-corrected chi connectivity index (χ3v) is 4.02. The maximum absolute atomic E-state index is 12.0. The summed E-state index contributed by atoms with van der Waals surface area (Å²) in [6.07, 6.45) is 1.83. The lowest BCUT2D eigenvalue weighted by Gasteiger charge is -2.15. The van der Waals surface area contributed by atoms with E-state index in [0.29, 0.717) is 53.8 Å². The number of nitrogens with zero attached hydrogens (tertiary/aromatic N) is 1. The molecule has 1 aromatic heterocycles. The van der Waals surface area contributed by atoms with E-state index in [9.17, 15) is 14.7 Å². The number of rotatable bonds is 2. The number of fused-ring (bicyclic) bond motifs is 1. The summed E-state index contributed by atoms with van der Waals surface area (Å²) in [5.74, 6) is -0.201. The van der Waals surface area contributed by atoms with Crippen LogP contribution in [0, 0.1) is 6.92 Å². The van der Waals surface area contributed by atoms with Gasteiger partial charge in [-0.25, -0.2) is 4.98 Å². The van der Waals surface area contributed by atoms with E-state index in [-0.39, 0.29) is 22.9 Å². The maximum Gasteiger partial charge on any atom is 0.195 e. The normalized spacial score (nSPS) is 15.6. The van der Waals surface area contributed by atoms with Crippen molar-refractivity contribution in [1.82, 2.24) is 4.98 Å². The maximum atomic E-state index is 12.0. The Bertz CT molecular complexity index is 795. The van der Waals surface area contributed by atoms with E-state index in [1.54, 1.807) is 19.1 Å². The molecule has 2 aromatic rings. The van der Waals surface area contributed by atoms with Crippen LogP contribution in [-0.2, 0) is 16.0 Å². The van der Waals surface area contributed by atoms with Gasteiger partial charge in [0.05, 0.1) is 0 Å². The van der Waals surface area contributed by atoms with Gasteiger partial charge < -0.3 is 9.52 Å². The van der Waals surface area contributed by atoms with E-state index in [1.807, 2.05) is 6.92 Å². The van der Waals surface area contributed by atoms with Crippen molar-refractivity contribution in [3.05, 3.63) is 34.7 Å². The lowest BCUT2D eigenvalue weighted by molar-refractivity contribution is -0.123. The summed E-state index contributed by atoms with van der Waals surface area (Å²) < 4.78 is 5.58. The van der Waals surface area contributed by atoms with Crippen LogP contribution in [0.15, 0.2) is 22.1 Å². The second-order valence-electron chi connectivity index (χ2n) is 5.47. The van der Waals surface area contributed by atoms with Gasteiger partial charge in [-0.3, -0.25) is 9.59 Å². The van der Waals surface area contributed by atoms with Crippen LogP contribution >= 0.6 is 0 Å². The summed E-state index contributed by atoms with van der Waals surface area (Å²) in [6.45, 7) is 3.74. The van der Waals surface area contributed by atoms with Gasteiger partial charge in [0.1, 0.15) is 16.8 Å². The van der Waals surface area contributed by atoms with Gasteiger partial charge in [0.15, 0.2) is 23.0 Å². The minimum Gasteiger partial charge on any atom is -0.506 e. The number of hydrogen-bond donors (Lipinski definition) is 1. The largest absolute Gasteiger partial charge is 0.506 e. The summed E-state index contributed by atoms with van der Waals surface area (Å²) in [7, 11) is 0. The Hall–Kier alpha value is -2.43. The molecule has 114 valence electrons. The van der Waals surface area contributed by atoms with Crippen LogP contribution in [0.4, 0.5) is 0 Å². The third kappa shape index (κ3) is 2.22. The fraction of sp³-hybridized carbons (Fsp3) is 0.353. The lowest BCUT2D eigenvalue weighted by Crippen LogP contribution is -2.20. The fourth-order valence-electron chi connectivity index (χ4n) is 2.79. The average Bonchev–Trinajstić information content (AvgIpc) is 2.91. The van der Waals surface area contributed by atoms with Gasteiger partial charge in [0.2, 0.25) is 0 Å².